The fourth-order valence-electron chi connectivity index (χ4n) is 3.80. The summed E-state index contributed by atoms with van der Waals surface area (Å²) in [6, 6.07) is 0.512. The van der Waals surface area contributed by atoms with Crippen LogP contribution in [0.5, 0.6) is 0 Å². The number of aliphatic imine (C=N–C) groups is 1. The average molecular weight is 306 g/mol. The Morgan fingerprint density at radius 2 is 2.05 bits per heavy atom. The van der Waals surface area contributed by atoms with E-state index in [2.05, 4.69) is 55.6 Å². The fourth-order valence-corrected chi connectivity index (χ4v) is 3.80. The molecule has 0 aromatic rings. The minimum absolute atomic E-state index is 0.230. The normalized spacial score (nSPS) is 30.0. The zero-order chi connectivity index (χ0) is 16.0. The zero-order valence-electron chi connectivity index (χ0n) is 14.9. The van der Waals surface area contributed by atoms with Crippen molar-refractivity contribution in [1.29, 1.82) is 0 Å². The summed E-state index contributed by atoms with van der Waals surface area (Å²) in [5.74, 6) is 1.79. The average Bonchev–Trinajstić information content (AvgIpc) is 2.98. The Hall–Kier alpha value is -1.03. The van der Waals surface area contributed by atoms with Crippen molar-refractivity contribution in [3.8, 4) is 0 Å². The van der Waals surface area contributed by atoms with Gasteiger partial charge in [-0.15, -0.1) is 0 Å². The molecule has 0 bridgehead atoms. The van der Waals surface area contributed by atoms with Gasteiger partial charge < -0.3 is 15.5 Å². The minimum Gasteiger partial charge on any atom is -0.357 e. The van der Waals surface area contributed by atoms with Crippen LogP contribution in [0.3, 0.4) is 0 Å². The first-order valence-electron chi connectivity index (χ1n) is 8.93. The van der Waals surface area contributed by atoms with E-state index in [-0.39, 0.29) is 5.54 Å². The van der Waals surface area contributed by atoms with Gasteiger partial charge in [-0.25, -0.2) is 0 Å². The first-order chi connectivity index (χ1) is 10.6. The van der Waals surface area contributed by atoms with Gasteiger partial charge in [-0.05, 0) is 52.6 Å². The summed E-state index contributed by atoms with van der Waals surface area (Å²) >= 11 is 0. The third-order valence-corrected chi connectivity index (χ3v) is 5.24. The molecule has 1 saturated carbocycles. The van der Waals surface area contributed by atoms with E-state index >= 15 is 0 Å². The van der Waals surface area contributed by atoms with Crippen molar-refractivity contribution in [3.63, 3.8) is 0 Å². The van der Waals surface area contributed by atoms with Gasteiger partial charge in [-0.2, -0.15) is 0 Å². The first kappa shape index (κ1) is 17.3. The van der Waals surface area contributed by atoms with Crippen molar-refractivity contribution >= 4 is 5.96 Å². The number of nitrogens with zero attached hydrogens (tertiary/aromatic N) is 2. The lowest BCUT2D eigenvalue weighted by Gasteiger charge is -2.44. The molecule has 1 fully saturated rings. The van der Waals surface area contributed by atoms with Crippen LogP contribution in [0.15, 0.2) is 17.1 Å². The highest BCUT2D eigenvalue weighted by atomic mass is 15.2. The Morgan fingerprint density at radius 3 is 2.64 bits per heavy atom. The Labute approximate surface area is 136 Å². The molecular formula is C18H34N4. The molecule has 126 valence electrons. The lowest BCUT2D eigenvalue weighted by Crippen LogP contribution is -2.51. The molecule has 0 aromatic carbocycles. The number of likely N-dealkylation sites (N-methyl/N-ethyl adjacent to an activating group) is 1. The number of nitrogens with one attached hydrogen (secondary N) is 2. The van der Waals surface area contributed by atoms with Crippen LogP contribution in [0.1, 0.15) is 52.4 Å². The third-order valence-electron chi connectivity index (χ3n) is 5.24. The molecule has 22 heavy (non-hydrogen) atoms. The standard InChI is InChI=1S/C18H34N4/c1-5-19-17(21-16-10-6-7-11-16)20-14-18(22(3)4)12-8-9-15(2)13-18/h6-7,15-16H,5,8-14H2,1-4H3,(H2,19,20,21). The van der Waals surface area contributed by atoms with Gasteiger partial charge in [0.05, 0.1) is 6.54 Å². The Morgan fingerprint density at radius 1 is 1.32 bits per heavy atom. The Bertz CT molecular complexity index is 394. The van der Waals surface area contributed by atoms with E-state index in [0.717, 1.165) is 37.8 Å². The summed E-state index contributed by atoms with van der Waals surface area (Å²) in [4.78, 5) is 7.36. The van der Waals surface area contributed by atoms with Crippen LogP contribution in [0.2, 0.25) is 0 Å². The van der Waals surface area contributed by atoms with Crippen LogP contribution in [0, 0.1) is 5.92 Å². The van der Waals surface area contributed by atoms with Crippen LogP contribution in [0.4, 0.5) is 0 Å². The van der Waals surface area contributed by atoms with E-state index in [1.54, 1.807) is 0 Å². The SMILES string of the molecule is CCNC(=NCC1(N(C)C)CCCC(C)C1)NC1CC=CC1. The Kier molecular flexibility index (Phi) is 6.30. The first-order valence-corrected chi connectivity index (χ1v) is 8.93. The van der Waals surface area contributed by atoms with Gasteiger partial charge in [0.2, 0.25) is 0 Å². The van der Waals surface area contributed by atoms with E-state index in [4.69, 9.17) is 4.99 Å². The van der Waals surface area contributed by atoms with Gasteiger partial charge in [-0.1, -0.05) is 31.9 Å². The molecule has 0 amide bonds. The number of rotatable bonds is 5. The summed E-state index contributed by atoms with van der Waals surface area (Å²) in [5.41, 5.74) is 0.230. The molecule has 2 aliphatic rings. The lowest BCUT2D eigenvalue weighted by atomic mass is 9.75. The molecule has 0 radical (unpaired) electrons. The summed E-state index contributed by atoms with van der Waals surface area (Å²) in [6.07, 6.45) is 11.9. The molecule has 0 heterocycles. The highest BCUT2D eigenvalue weighted by Crippen LogP contribution is 2.35. The Balaban J connectivity index is 2.02. The molecule has 0 aromatic heterocycles. The van der Waals surface area contributed by atoms with Gasteiger partial charge in [0.1, 0.15) is 0 Å². The summed E-state index contributed by atoms with van der Waals surface area (Å²) in [6.45, 7) is 6.32. The van der Waals surface area contributed by atoms with Crippen molar-refractivity contribution in [1.82, 2.24) is 15.5 Å². The van der Waals surface area contributed by atoms with Crippen LogP contribution < -0.4 is 10.6 Å². The molecule has 0 aliphatic heterocycles. The van der Waals surface area contributed by atoms with Crippen LogP contribution in [-0.4, -0.2) is 49.6 Å². The maximum Gasteiger partial charge on any atom is 0.191 e. The third kappa shape index (κ3) is 4.48. The molecule has 0 spiro atoms. The van der Waals surface area contributed by atoms with E-state index in [1.807, 2.05) is 0 Å². The van der Waals surface area contributed by atoms with E-state index < -0.39 is 0 Å². The van der Waals surface area contributed by atoms with E-state index in [1.165, 1.54) is 25.7 Å². The maximum absolute atomic E-state index is 4.95. The quantitative estimate of drug-likeness (QED) is 0.466. The van der Waals surface area contributed by atoms with Crippen LogP contribution >= 0.6 is 0 Å². The van der Waals surface area contributed by atoms with Gasteiger partial charge in [0.15, 0.2) is 5.96 Å². The van der Waals surface area contributed by atoms with Crippen molar-refractivity contribution < 1.29 is 0 Å². The predicted molar refractivity (Wildman–Crippen MR) is 95.3 cm³/mol. The van der Waals surface area contributed by atoms with Gasteiger partial charge >= 0.3 is 0 Å². The second-order valence-electron chi connectivity index (χ2n) is 7.30. The molecule has 2 unspecified atom stereocenters. The van der Waals surface area contributed by atoms with Gasteiger partial charge in [-0.3, -0.25) is 4.99 Å². The smallest absolute Gasteiger partial charge is 0.191 e. The zero-order valence-corrected chi connectivity index (χ0v) is 14.9. The second kappa shape index (κ2) is 8.00. The molecular weight excluding hydrogens is 272 g/mol. The topological polar surface area (TPSA) is 39.7 Å². The second-order valence-corrected chi connectivity index (χ2v) is 7.30. The molecule has 2 N–H and O–H groups in total. The minimum atomic E-state index is 0.230. The summed E-state index contributed by atoms with van der Waals surface area (Å²) in [5, 5.41) is 6.99. The van der Waals surface area contributed by atoms with Gasteiger partial charge in [0.25, 0.3) is 0 Å². The molecule has 4 nitrogen and oxygen atoms in total. The number of hydrogen-bond donors (Lipinski definition) is 2. The lowest BCUT2D eigenvalue weighted by molar-refractivity contribution is 0.0845. The summed E-state index contributed by atoms with van der Waals surface area (Å²) < 4.78 is 0. The monoisotopic (exact) mass is 306 g/mol. The molecule has 4 heteroatoms. The number of hydrogen-bond acceptors (Lipinski definition) is 2. The van der Waals surface area contributed by atoms with Crippen molar-refractivity contribution in [2.45, 2.75) is 64.0 Å². The molecule has 0 saturated heterocycles. The van der Waals surface area contributed by atoms with Gasteiger partial charge in [0, 0.05) is 18.1 Å². The number of guanidine groups is 1. The van der Waals surface area contributed by atoms with E-state index in [9.17, 15) is 0 Å². The van der Waals surface area contributed by atoms with Crippen molar-refractivity contribution in [2.24, 2.45) is 10.9 Å². The largest absolute Gasteiger partial charge is 0.357 e. The van der Waals surface area contributed by atoms with Crippen LogP contribution in [0.25, 0.3) is 0 Å². The van der Waals surface area contributed by atoms with Crippen molar-refractivity contribution in [3.05, 3.63) is 12.2 Å². The fraction of sp³-hybridized carbons (Fsp3) is 0.833. The van der Waals surface area contributed by atoms with Crippen LogP contribution in [-0.2, 0) is 0 Å². The predicted octanol–water partition coefficient (Wildman–Crippen LogP) is 2.77. The highest BCUT2D eigenvalue weighted by molar-refractivity contribution is 5.80. The summed E-state index contributed by atoms with van der Waals surface area (Å²) in [7, 11) is 4.43. The molecule has 2 rings (SSSR count). The van der Waals surface area contributed by atoms with E-state index in [0.29, 0.717) is 6.04 Å². The van der Waals surface area contributed by atoms with Crippen molar-refractivity contribution in [2.75, 3.05) is 27.2 Å². The highest BCUT2D eigenvalue weighted by Gasteiger charge is 2.36. The maximum atomic E-state index is 4.95. The molecule has 2 atom stereocenters. The molecule has 2 aliphatic carbocycles.